The van der Waals surface area contributed by atoms with E-state index in [4.69, 9.17) is 0 Å². The first-order chi connectivity index (χ1) is 7.30. The second-order valence-corrected chi connectivity index (χ2v) is 4.50. The molecule has 0 aliphatic rings. The molecule has 0 spiro atoms. The summed E-state index contributed by atoms with van der Waals surface area (Å²) in [5.74, 6) is -1.70. The second kappa shape index (κ2) is 4.89. The monoisotopic (exact) mass is 229 g/mol. The summed E-state index contributed by atoms with van der Waals surface area (Å²) in [5.41, 5.74) is -0.200. The quantitative estimate of drug-likeness (QED) is 0.829. The molecule has 1 unspecified atom stereocenters. The van der Waals surface area contributed by atoms with Gasteiger partial charge in [-0.25, -0.2) is 8.78 Å². The van der Waals surface area contributed by atoms with E-state index in [2.05, 4.69) is 5.32 Å². The molecule has 0 heterocycles. The molecule has 2 N–H and O–H groups in total. The minimum absolute atomic E-state index is 0.138. The number of nitrogens with one attached hydrogen (secondary N) is 1. The van der Waals surface area contributed by atoms with Crippen LogP contribution < -0.4 is 5.32 Å². The summed E-state index contributed by atoms with van der Waals surface area (Å²) < 4.78 is 25.5. The topological polar surface area (TPSA) is 32.3 Å². The van der Waals surface area contributed by atoms with Crippen LogP contribution in [0.1, 0.15) is 26.3 Å². The average Bonchev–Trinajstić information content (AvgIpc) is 2.18. The summed E-state index contributed by atoms with van der Waals surface area (Å²) in [4.78, 5) is 0. The number of rotatable bonds is 4. The van der Waals surface area contributed by atoms with Crippen LogP contribution in [0.2, 0.25) is 0 Å². The molecule has 0 bridgehead atoms. The Kier molecular flexibility index (Phi) is 3.99. The van der Waals surface area contributed by atoms with Crippen LogP contribution in [0.5, 0.6) is 0 Å². The van der Waals surface area contributed by atoms with Gasteiger partial charge in [-0.15, -0.1) is 0 Å². The van der Waals surface area contributed by atoms with Crippen molar-refractivity contribution < 1.29 is 13.9 Å². The van der Waals surface area contributed by atoms with Gasteiger partial charge in [0, 0.05) is 12.6 Å². The van der Waals surface area contributed by atoms with E-state index in [1.54, 1.807) is 13.8 Å². The van der Waals surface area contributed by atoms with Crippen molar-refractivity contribution in [3.63, 3.8) is 0 Å². The zero-order chi connectivity index (χ0) is 12.3. The molecule has 0 aliphatic carbocycles. The van der Waals surface area contributed by atoms with Crippen LogP contribution in [0.4, 0.5) is 8.78 Å². The molecule has 4 heteroatoms. The maximum absolute atomic E-state index is 12.9. The van der Waals surface area contributed by atoms with Gasteiger partial charge in [0.25, 0.3) is 0 Å². The van der Waals surface area contributed by atoms with Crippen molar-refractivity contribution in [2.45, 2.75) is 39.0 Å². The van der Waals surface area contributed by atoms with Gasteiger partial charge in [-0.2, -0.15) is 0 Å². The lowest BCUT2D eigenvalue weighted by Crippen LogP contribution is -2.44. The highest BCUT2D eigenvalue weighted by atomic mass is 19.2. The second-order valence-electron chi connectivity index (χ2n) is 4.50. The summed E-state index contributed by atoms with van der Waals surface area (Å²) in [6, 6.07) is 3.63. The van der Waals surface area contributed by atoms with E-state index in [9.17, 15) is 13.9 Å². The van der Waals surface area contributed by atoms with Crippen molar-refractivity contribution >= 4 is 0 Å². The third-order valence-electron chi connectivity index (χ3n) is 2.66. The molecule has 16 heavy (non-hydrogen) atoms. The standard InChI is InChI=1S/C12H17F2NO/c1-8(12(2,3)16)15-7-9-4-5-10(13)11(14)6-9/h4-6,8,15-16H,7H2,1-3H3. The Balaban J connectivity index is 2.58. The van der Waals surface area contributed by atoms with Gasteiger partial charge in [-0.3, -0.25) is 0 Å². The zero-order valence-electron chi connectivity index (χ0n) is 9.72. The van der Waals surface area contributed by atoms with E-state index >= 15 is 0 Å². The molecule has 90 valence electrons. The van der Waals surface area contributed by atoms with Gasteiger partial charge in [0.15, 0.2) is 11.6 Å². The van der Waals surface area contributed by atoms with Gasteiger partial charge >= 0.3 is 0 Å². The molecule has 0 aromatic heterocycles. The smallest absolute Gasteiger partial charge is 0.159 e. The number of benzene rings is 1. The molecule has 2 nitrogen and oxygen atoms in total. The molecule has 1 rings (SSSR count). The maximum Gasteiger partial charge on any atom is 0.159 e. The molecular weight excluding hydrogens is 212 g/mol. The number of hydrogen-bond donors (Lipinski definition) is 2. The van der Waals surface area contributed by atoms with Gasteiger partial charge in [-0.05, 0) is 38.5 Å². The highest BCUT2D eigenvalue weighted by Gasteiger charge is 2.21. The lowest BCUT2D eigenvalue weighted by atomic mass is 10.0. The predicted octanol–water partition coefficient (Wildman–Crippen LogP) is 2.21. The Bertz CT molecular complexity index is 361. The fraction of sp³-hybridized carbons (Fsp3) is 0.500. The fourth-order valence-electron chi connectivity index (χ4n) is 1.17. The van der Waals surface area contributed by atoms with Crippen LogP contribution in [0, 0.1) is 11.6 Å². The van der Waals surface area contributed by atoms with Crippen LogP contribution in [0.3, 0.4) is 0 Å². The maximum atomic E-state index is 12.9. The molecule has 1 aromatic carbocycles. The molecular formula is C12H17F2NO. The van der Waals surface area contributed by atoms with Crippen LogP contribution in [0.15, 0.2) is 18.2 Å². The first-order valence-corrected chi connectivity index (χ1v) is 5.20. The Morgan fingerprint density at radius 2 is 1.94 bits per heavy atom. The SMILES string of the molecule is CC(NCc1ccc(F)c(F)c1)C(C)(C)O. The molecule has 0 saturated carbocycles. The molecule has 0 aliphatic heterocycles. The van der Waals surface area contributed by atoms with Crippen molar-refractivity contribution in [1.82, 2.24) is 5.32 Å². The fourth-order valence-corrected chi connectivity index (χ4v) is 1.17. The number of hydrogen-bond acceptors (Lipinski definition) is 2. The largest absolute Gasteiger partial charge is 0.389 e. The predicted molar refractivity (Wildman–Crippen MR) is 59.0 cm³/mol. The molecule has 1 atom stereocenters. The van der Waals surface area contributed by atoms with E-state index in [-0.39, 0.29) is 6.04 Å². The average molecular weight is 229 g/mol. The summed E-state index contributed by atoms with van der Waals surface area (Å²) in [7, 11) is 0. The molecule has 1 aromatic rings. The van der Waals surface area contributed by atoms with Crippen LogP contribution in [-0.4, -0.2) is 16.7 Å². The van der Waals surface area contributed by atoms with Crippen molar-refractivity contribution in [1.29, 1.82) is 0 Å². The highest BCUT2D eigenvalue weighted by Crippen LogP contribution is 2.11. The Morgan fingerprint density at radius 3 is 2.44 bits per heavy atom. The minimum atomic E-state index is -0.852. The van der Waals surface area contributed by atoms with Gasteiger partial charge in [0.2, 0.25) is 0 Å². The Labute approximate surface area is 94.3 Å². The van der Waals surface area contributed by atoms with Gasteiger partial charge in [0.05, 0.1) is 5.60 Å². The van der Waals surface area contributed by atoms with Crippen molar-refractivity contribution in [3.05, 3.63) is 35.4 Å². The summed E-state index contributed by atoms with van der Waals surface area (Å²) in [6.45, 7) is 5.61. The van der Waals surface area contributed by atoms with Gasteiger partial charge < -0.3 is 10.4 Å². The van der Waals surface area contributed by atoms with Gasteiger partial charge in [0.1, 0.15) is 0 Å². The lowest BCUT2D eigenvalue weighted by Gasteiger charge is -2.26. The van der Waals surface area contributed by atoms with E-state index in [0.29, 0.717) is 12.1 Å². The third-order valence-corrected chi connectivity index (χ3v) is 2.66. The zero-order valence-corrected chi connectivity index (χ0v) is 9.72. The van der Waals surface area contributed by atoms with Crippen LogP contribution in [0.25, 0.3) is 0 Å². The highest BCUT2D eigenvalue weighted by molar-refractivity contribution is 5.17. The van der Waals surface area contributed by atoms with E-state index in [1.807, 2.05) is 6.92 Å². The lowest BCUT2D eigenvalue weighted by molar-refractivity contribution is 0.0437. The minimum Gasteiger partial charge on any atom is -0.389 e. The summed E-state index contributed by atoms with van der Waals surface area (Å²) >= 11 is 0. The van der Waals surface area contributed by atoms with Crippen LogP contribution >= 0.6 is 0 Å². The summed E-state index contributed by atoms with van der Waals surface area (Å²) in [6.07, 6.45) is 0. The first kappa shape index (κ1) is 13.1. The first-order valence-electron chi connectivity index (χ1n) is 5.20. The van der Waals surface area contributed by atoms with Crippen molar-refractivity contribution in [2.24, 2.45) is 0 Å². The third kappa shape index (κ3) is 3.54. The van der Waals surface area contributed by atoms with Gasteiger partial charge in [-0.1, -0.05) is 6.07 Å². The Hall–Kier alpha value is -1.00. The van der Waals surface area contributed by atoms with Crippen molar-refractivity contribution in [2.75, 3.05) is 0 Å². The van der Waals surface area contributed by atoms with E-state index in [1.165, 1.54) is 6.07 Å². The molecule has 0 fully saturated rings. The molecule has 0 amide bonds. The number of halogens is 2. The Morgan fingerprint density at radius 1 is 1.31 bits per heavy atom. The van der Waals surface area contributed by atoms with E-state index in [0.717, 1.165) is 12.1 Å². The summed E-state index contributed by atoms with van der Waals surface area (Å²) in [5, 5.41) is 12.7. The molecule has 0 radical (unpaired) electrons. The van der Waals surface area contributed by atoms with Crippen LogP contribution in [-0.2, 0) is 6.54 Å². The molecule has 0 saturated heterocycles. The van der Waals surface area contributed by atoms with E-state index < -0.39 is 17.2 Å². The number of aliphatic hydroxyl groups is 1. The normalized spacial score (nSPS) is 13.9. The van der Waals surface area contributed by atoms with Crippen molar-refractivity contribution in [3.8, 4) is 0 Å².